The van der Waals surface area contributed by atoms with Crippen LogP contribution in [0.15, 0.2) is 42.1 Å². The lowest BCUT2D eigenvalue weighted by Gasteiger charge is -2.07. The van der Waals surface area contributed by atoms with Gasteiger partial charge < -0.3 is 4.74 Å². The van der Waals surface area contributed by atoms with Gasteiger partial charge in [0.15, 0.2) is 0 Å². The van der Waals surface area contributed by atoms with Crippen molar-refractivity contribution in [1.82, 2.24) is 0 Å². The highest BCUT2D eigenvalue weighted by molar-refractivity contribution is 6.80. The van der Waals surface area contributed by atoms with Gasteiger partial charge >= 0.3 is 5.97 Å². The lowest BCUT2D eigenvalue weighted by atomic mass is 10.1. The second-order valence-electron chi connectivity index (χ2n) is 6.29. The lowest BCUT2D eigenvalue weighted by molar-refractivity contribution is -0.142. The molecule has 0 spiro atoms. The molecule has 0 bridgehead atoms. The minimum absolute atomic E-state index is 0.000000000000000666. The predicted molar refractivity (Wildman–Crippen MR) is 80.7 cm³/mol. The SMILES string of the molecule is COC(=O)[C@@H]1[C@@H](/C=C/[Si](C)(C)C)[C@H]1c1ccccc1. The molecule has 1 aliphatic carbocycles. The number of allylic oxidation sites excluding steroid dienone is 1. The summed E-state index contributed by atoms with van der Waals surface area (Å²) in [7, 11) is 0.256. The van der Waals surface area contributed by atoms with E-state index in [-0.39, 0.29) is 11.9 Å². The van der Waals surface area contributed by atoms with E-state index in [4.69, 9.17) is 4.74 Å². The number of carbonyl (C=O) groups is 1. The second-order valence-corrected chi connectivity index (χ2v) is 11.4. The Hall–Kier alpha value is -1.35. The van der Waals surface area contributed by atoms with Crippen LogP contribution in [0.1, 0.15) is 11.5 Å². The van der Waals surface area contributed by atoms with Crippen molar-refractivity contribution in [3.63, 3.8) is 0 Å². The fraction of sp³-hybridized carbons (Fsp3) is 0.438. The largest absolute Gasteiger partial charge is 0.469 e. The van der Waals surface area contributed by atoms with E-state index < -0.39 is 8.07 Å². The van der Waals surface area contributed by atoms with E-state index in [9.17, 15) is 4.79 Å². The lowest BCUT2D eigenvalue weighted by Crippen LogP contribution is -2.15. The maximum atomic E-state index is 11.8. The van der Waals surface area contributed by atoms with E-state index in [1.807, 2.05) is 18.2 Å². The molecule has 3 atom stereocenters. The van der Waals surface area contributed by atoms with Crippen molar-refractivity contribution in [1.29, 1.82) is 0 Å². The van der Waals surface area contributed by atoms with Gasteiger partial charge in [-0.3, -0.25) is 4.79 Å². The van der Waals surface area contributed by atoms with E-state index in [1.54, 1.807) is 0 Å². The van der Waals surface area contributed by atoms with Crippen molar-refractivity contribution in [3.05, 3.63) is 47.7 Å². The van der Waals surface area contributed by atoms with Crippen LogP contribution < -0.4 is 0 Å². The topological polar surface area (TPSA) is 26.3 Å². The first kappa shape index (κ1) is 14.1. The molecule has 0 aliphatic heterocycles. The zero-order chi connectivity index (χ0) is 14.0. The second kappa shape index (κ2) is 5.33. The summed E-state index contributed by atoms with van der Waals surface area (Å²) in [6.07, 6.45) is 2.24. The third kappa shape index (κ3) is 3.35. The van der Waals surface area contributed by atoms with Crippen LogP contribution in [0.2, 0.25) is 19.6 Å². The van der Waals surface area contributed by atoms with Gasteiger partial charge in [-0.1, -0.05) is 61.7 Å². The number of rotatable bonds is 4. The molecule has 2 rings (SSSR count). The number of carbonyl (C=O) groups excluding carboxylic acids is 1. The van der Waals surface area contributed by atoms with Crippen molar-refractivity contribution >= 4 is 14.0 Å². The van der Waals surface area contributed by atoms with E-state index in [0.717, 1.165) is 0 Å². The number of benzene rings is 1. The first-order valence-electron chi connectivity index (χ1n) is 6.76. The van der Waals surface area contributed by atoms with Gasteiger partial charge in [0.05, 0.1) is 21.1 Å². The molecule has 1 fully saturated rings. The molecule has 0 radical (unpaired) electrons. The van der Waals surface area contributed by atoms with Crippen LogP contribution >= 0.6 is 0 Å². The summed E-state index contributed by atoms with van der Waals surface area (Å²) >= 11 is 0. The highest BCUT2D eigenvalue weighted by Gasteiger charge is 2.54. The summed E-state index contributed by atoms with van der Waals surface area (Å²) in [6.45, 7) is 6.91. The fourth-order valence-electron chi connectivity index (χ4n) is 2.52. The number of hydrogen-bond acceptors (Lipinski definition) is 2. The quantitative estimate of drug-likeness (QED) is 0.619. The third-order valence-electron chi connectivity index (χ3n) is 3.55. The molecule has 1 saturated carbocycles. The normalized spacial score (nSPS) is 26.4. The molecule has 0 aromatic heterocycles. The van der Waals surface area contributed by atoms with Crippen molar-refractivity contribution in [3.8, 4) is 0 Å². The molecule has 102 valence electrons. The molecule has 19 heavy (non-hydrogen) atoms. The van der Waals surface area contributed by atoms with Crippen LogP contribution in [0.5, 0.6) is 0 Å². The fourth-order valence-corrected chi connectivity index (χ4v) is 3.32. The smallest absolute Gasteiger partial charge is 0.309 e. The van der Waals surface area contributed by atoms with Gasteiger partial charge in [-0.2, -0.15) is 0 Å². The van der Waals surface area contributed by atoms with Crippen LogP contribution in [0.3, 0.4) is 0 Å². The Bertz CT molecular complexity index is 473. The first-order chi connectivity index (χ1) is 8.94. The first-order valence-corrected chi connectivity index (χ1v) is 10.3. The summed E-state index contributed by atoms with van der Waals surface area (Å²) in [4.78, 5) is 11.8. The average Bonchev–Trinajstić information content (AvgIpc) is 3.10. The van der Waals surface area contributed by atoms with Gasteiger partial charge in [-0.25, -0.2) is 0 Å². The molecule has 1 aromatic carbocycles. The average molecular weight is 274 g/mol. The molecule has 2 nitrogen and oxygen atoms in total. The van der Waals surface area contributed by atoms with Crippen LogP contribution in [-0.4, -0.2) is 21.2 Å². The molecular weight excluding hydrogens is 252 g/mol. The minimum atomic E-state index is -1.22. The Morgan fingerprint density at radius 2 is 1.84 bits per heavy atom. The maximum absolute atomic E-state index is 11.8. The summed E-state index contributed by atoms with van der Waals surface area (Å²) in [5.74, 6) is 0.516. The third-order valence-corrected chi connectivity index (χ3v) is 4.74. The monoisotopic (exact) mass is 274 g/mol. The Kier molecular flexibility index (Phi) is 3.95. The van der Waals surface area contributed by atoms with Gasteiger partial charge in [0.25, 0.3) is 0 Å². The molecule has 0 N–H and O–H groups in total. The molecule has 0 saturated heterocycles. The number of methoxy groups -OCH3 is 1. The summed E-state index contributed by atoms with van der Waals surface area (Å²) in [5.41, 5.74) is 3.57. The summed E-state index contributed by atoms with van der Waals surface area (Å²) in [5, 5.41) is 0. The maximum Gasteiger partial charge on any atom is 0.309 e. The molecule has 0 unspecified atom stereocenters. The Labute approximate surface area is 116 Å². The van der Waals surface area contributed by atoms with Crippen molar-refractivity contribution in [2.24, 2.45) is 11.8 Å². The summed E-state index contributed by atoms with van der Waals surface area (Å²) in [6, 6.07) is 10.3. The van der Waals surface area contributed by atoms with E-state index in [1.165, 1.54) is 12.7 Å². The number of esters is 1. The van der Waals surface area contributed by atoms with Gasteiger partial charge in [-0.05, 0) is 11.5 Å². The van der Waals surface area contributed by atoms with Gasteiger partial charge in [0.2, 0.25) is 0 Å². The van der Waals surface area contributed by atoms with Crippen LogP contribution in [-0.2, 0) is 9.53 Å². The number of ether oxygens (including phenoxy) is 1. The Morgan fingerprint density at radius 1 is 1.21 bits per heavy atom. The van der Waals surface area contributed by atoms with Gasteiger partial charge in [0.1, 0.15) is 0 Å². The van der Waals surface area contributed by atoms with E-state index in [0.29, 0.717) is 11.8 Å². The Morgan fingerprint density at radius 3 is 2.37 bits per heavy atom. The van der Waals surface area contributed by atoms with Crippen molar-refractivity contribution in [2.45, 2.75) is 25.6 Å². The molecule has 0 amide bonds. The Balaban J connectivity index is 2.18. The van der Waals surface area contributed by atoms with Crippen molar-refractivity contribution in [2.75, 3.05) is 7.11 Å². The zero-order valence-electron chi connectivity index (χ0n) is 12.1. The van der Waals surface area contributed by atoms with Crippen LogP contribution in [0.4, 0.5) is 0 Å². The van der Waals surface area contributed by atoms with Crippen molar-refractivity contribution < 1.29 is 9.53 Å². The molecule has 0 heterocycles. The molecule has 1 aliphatic rings. The summed E-state index contributed by atoms with van der Waals surface area (Å²) < 4.78 is 4.93. The van der Waals surface area contributed by atoms with E-state index in [2.05, 4.69) is 43.5 Å². The minimum Gasteiger partial charge on any atom is -0.469 e. The van der Waals surface area contributed by atoms with Gasteiger partial charge in [0, 0.05) is 5.92 Å². The molecular formula is C16H22O2Si. The van der Waals surface area contributed by atoms with Crippen LogP contribution in [0, 0.1) is 11.8 Å². The predicted octanol–water partition coefficient (Wildman–Crippen LogP) is 3.62. The number of hydrogen-bond donors (Lipinski definition) is 0. The highest BCUT2D eigenvalue weighted by Crippen LogP contribution is 2.55. The standard InChI is InChI=1S/C16H22O2Si/c1-18-16(17)15-13(10-11-19(2,3)4)14(15)12-8-6-5-7-9-12/h5-11,13-15H,1-4H3/b11-10+/t13-,14+,15+/m0/s1. The highest BCUT2D eigenvalue weighted by atomic mass is 28.3. The van der Waals surface area contributed by atoms with Gasteiger partial charge in [-0.15, -0.1) is 0 Å². The molecule has 3 heteroatoms. The van der Waals surface area contributed by atoms with Crippen LogP contribution in [0.25, 0.3) is 0 Å². The molecule has 1 aromatic rings. The zero-order valence-corrected chi connectivity index (χ0v) is 13.1. The van der Waals surface area contributed by atoms with E-state index >= 15 is 0 Å².